The van der Waals surface area contributed by atoms with Gasteiger partial charge in [0.25, 0.3) is 5.91 Å². The number of rotatable bonds is 5. The molecule has 0 saturated carbocycles. The minimum atomic E-state index is -0.569. The average molecular weight is 366 g/mol. The van der Waals surface area contributed by atoms with Crippen molar-refractivity contribution in [2.24, 2.45) is 0 Å². The highest BCUT2D eigenvalue weighted by atomic mass is 19.1. The van der Waals surface area contributed by atoms with Gasteiger partial charge in [-0.1, -0.05) is 30.3 Å². The van der Waals surface area contributed by atoms with Gasteiger partial charge in [0.1, 0.15) is 5.82 Å². The van der Waals surface area contributed by atoms with Crippen LogP contribution in [0.3, 0.4) is 0 Å². The standard InChI is InChI=1S/C21H19FN2O3/c1-14-11-18(17-5-3-4-6-19(17)23-14)21(26)27-13-20(25)24(2)12-15-7-9-16(22)10-8-15/h3-11H,12-13H2,1-2H3. The van der Waals surface area contributed by atoms with Crippen LogP contribution in [0.2, 0.25) is 0 Å². The molecule has 0 radical (unpaired) electrons. The molecule has 5 nitrogen and oxygen atoms in total. The van der Waals surface area contributed by atoms with Gasteiger partial charge < -0.3 is 9.64 Å². The first kappa shape index (κ1) is 18.5. The fourth-order valence-electron chi connectivity index (χ4n) is 2.74. The summed E-state index contributed by atoms with van der Waals surface area (Å²) in [4.78, 5) is 30.5. The SMILES string of the molecule is Cc1cc(C(=O)OCC(=O)N(C)Cc2ccc(F)cc2)c2ccccc2n1. The van der Waals surface area contributed by atoms with Crippen molar-refractivity contribution in [3.8, 4) is 0 Å². The topological polar surface area (TPSA) is 59.5 Å². The number of carbonyl (C=O) groups is 2. The normalized spacial score (nSPS) is 10.6. The Hall–Kier alpha value is -3.28. The van der Waals surface area contributed by atoms with Gasteiger partial charge in [0.2, 0.25) is 0 Å². The van der Waals surface area contributed by atoms with E-state index in [9.17, 15) is 14.0 Å². The first-order chi connectivity index (χ1) is 12.9. The zero-order valence-corrected chi connectivity index (χ0v) is 15.1. The fraction of sp³-hybridized carbons (Fsp3) is 0.190. The number of fused-ring (bicyclic) bond motifs is 1. The highest BCUT2D eigenvalue weighted by Gasteiger charge is 2.17. The molecule has 0 fully saturated rings. The Kier molecular flexibility index (Phi) is 5.45. The van der Waals surface area contributed by atoms with Crippen molar-refractivity contribution >= 4 is 22.8 Å². The van der Waals surface area contributed by atoms with E-state index in [4.69, 9.17) is 4.74 Å². The monoisotopic (exact) mass is 366 g/mol. The van der Waals surface area contributed by atoms with Crippen molar-refractivity contribution in [3.63, 3.8) is 0 Å². The fourth-order valence-corrected chi connectivity index (χ4v) is 2.74. The lowest BCUT2D eigenvalue weighted by Crippen LogP contribution is -2.30. The molecule has 0 aliphatic carbocycles. The lowest BCUT2D eigenvalue weighted by atomic mass is 10.1. The van der Waals surface area contributed by atoms with E-state index >= 15 is 0 Å². The van der Waals surface area contributed by atoms with Crippen LogP contribution in [0.5, 0.6) is 0 Å². The molecule has 1 aromatic heterocycles. The van der Waals surface area contributed by atoms with E-state index in [2.05, 4.69) is 4.98 Å². The quantitative estimate of drug-likeness (QED) is 0.649. The molecule has 0 N–H and O–H groups in total. The Morgan fingerprint density at radius 2 is 1.81 bits per heavy atom. The second kappa shape index (κ2) is 7.95. The minimum absolute atomic E-state index is 0.300. The van der Waals surface area contributed by atoms with E-state index in [1.807, 2.05) is 18.2 Å². The molecule has 0 aliphatic heterocycles. The van der Waals surface area contributed by atoms with E-state index < -0.39 is 5.97 Å². The van der Waals surface area contributed by atoms with E-state index in [1.54, 1.807) is 38.2 Å². The van der Waals surface area contributed by atoms with Crippen LogP contribution in [0.25, 0.3) is 10.9 Å². The molecule has 27 heavy (non-hydrogen) atoms. The number of esters is 1. The summed E-state index contributed by atoms with van der Waals surface area (Å²) < 4.78 is 18.2. The molecule has 2 aromatic carbocycles. The third-order valence-electron chi connectivity index (χ3n) is 4.15. The molecule has 138 valence electrons. The summed E-state index contributed by atoms with van der Waals surface area (Å²) in [6.07, 6.45) is 0. The van der Waals surface area contributed by atoms with Gasteiger partial charge in [-0.05, 0) is 36.8 Å². The molecule has 0 spiro atoms. The van der Waals surface area contributed by atoms with Crippen molar-refractivity contribution in [1.29, 1.82) is 0 Å². The smallest absolute Gasteiger partial charge is 0.339 e. The Morgan fingerprint density at radius 3 is 2.56 bits per heavy atom. The molecule has 0 unspecified atom stereocenters. The van der Waals surface area contributed by atoms with Gasteiger partial charge in [-0.15, -0.1) is 0 Å². The largest absolute Gasteiger partial charge is 0.452 e. The number of carbonyl (C=O) groups excluding carboxylic acids is 2. The zero-order valence-electron chi connectivity index (χ0n) is 15.1. The van der Waals surface area contributed by atoms with Crippen LogP contribution >= 0.6 is 0 Å². The second-order valence-electron chi connectivity index (χ2n) is 6.28. The number of amides is 1. The van der Waals surface area contributed by atoms with Crippen molar-refractivity contribution in [1.82, 2.24) is 9.88 Å². The number of nitrogens with zero attached hydrogens (tertiary/aromatic N) is 2. The molecular weight excluding hydrogens is 347 g/mol. The summed E-state index contributed by atoms with van der Waals surface area (Å²) in [6.45, 7) is 1.73. The molecule has 0 aliphatic rings. The van der Waals surface area contributed by atoms with Crippen LogP contribution in [-0.2, 0) is 16.1 Å². The molecule has 6 heteroatoms. The summed E-state index contributed by atoms with van der Waals surface area (Å²) in [6, 6.07) is 14.8. The number of aromatic nitrogens is 1. The van der Waals surface area contributed by atoms with E-state index in [-0.39, 0.29) is 18.3 Å². The number of halogens is 1. The number of para-hydroxylation sites is 1. The number of likely N-dealkylation sites (N-methyl/N-ethyl adjacent to an activating group) is 1. The maximum atomic E-state index is 13.0. The number of hydrogen-bond donors (Lipinski definition) is 0. The van der Waals surface area contributed by atoms with Gasteiger partial charge in [0, 0.05) is 24.7 Å². The highest BCUT2D eigenvalue weighted by molar-refractivity contribution is 6.04. The van der Waals surface area contributed by atoms with Gasteiger partial charge in [-0.25, -0.2) is 9.18 Å². The maximum absolute atomic E-state index is 13.0. The van der Waals surface area contributed by atoms with Crippen molar-refractivity contribution in [3.05, 3.63) is 77.2 Å². The number of ether oxygens (including phenoxy) is 1. The van der Waals surface area contributed by atoms with Gasteiger partial charge >= 0.3 is 5.97 Å². The third kappa shape index (κ3) is 4.47. The van der Waals surface area contributed by atoms with Crippen LogP contribution in [0, 0.1) is 12.7 Å². The second-order valence-corrected chi connectivity index (χ2v) is 6.28. The first-order valence-electron chi connectivity index (χ1n) is 8.46. The van der Waals surface area contributed by atoms with Crippen LogP contribution in [0.1, 0.15) is 21.6 Å². The number of pyridine rings is 1. The lowest BCUT2D eigenvalue weighted by molar-refractivity contribution is -0.133. The summed E-state index contributed by atoms with van der Waals surface area (Å²) in [5.41, 5.74) is 2.56. The summed E-state index contributed by atoms with van der Waals surface area (Å²) in [7, 11) is 1.60. The van der Waals surface area contributed by atoms with Crippen LogP contribution in [-0.4, -0.2) is 35.4 Å². The molecule has 1 amide bonds. The predicted molar refractivity (Wildman–Crippen MR) is 99.6 cm³/mol. The van der Waals surface area contributed by atoms with Crippen LogP contribution in [0.15, 0.2) is 54.6 Å². The van der Waals surface area contributed by atoms with E-state index in [1.165, 1.54) is 17.0 Å². The average Bonchev–Trinajstić information content (AvgIpc) is 2.66. The summed E-state index contributed by atoms with van der Waals surface area (Å²) in [5.74, 6) is -1.25. The molecule has 3 rings (SSSR count). The molecule has 0 atom stereocenters. The van der Waals surface area contributed by atoms with Gasteiger partial charge in [-0.3, -0.25) is 9.78 Å². The van der Waals surface area contributed by atoms with Crippen molar-refractivity contribution in [2.45, 2.75) is 13.5 Å². The van der Waals surface area contributed by atoms with Gasteiger partial charge in [-0.2, -0.15) is 0 Å². The van der Waals surface area contributed by atoms with Gasteiger partial charge in [0.15, 0.2) is 6.61 Å². The number of aryl methyl sites for hydroxylation is 1. The zero-order chi connectivity index (χ0) is 19.4. The Labute approximate surface area is 156 Å². The minimum Gasteiger partial charge on any atom is -0.452 e. The lowest BCUT2D eigenvalue weighted by Gasteiger charge is -2.17. The molecular formula is C21H19FN2O3. The first-order valence-corrected chi connectivity index (χ1v) is 8.46. The number of benzene rings is 2. The van der Waals surface area contributed by atoms with Crippen LogP contribution in [0.4, 0.5) is 4.39 Å². The Morgan fingerprint density at radius 1 is 1.11 bits per heavy atom. The van der Waals surface area contributed by atoms with Crippen molar-refractivity contribution < 1.29 is 18.7 Å². The third-order valence-corrected chi connectivity index (χ3v) is 4.15. The summed E-state index contributed by atoms with van der Waals surface area (Å²) >= 11 is 0. The Bertz CT molecular complexity index is 986. The maximum Gasteiger partial charge on any atom is 0.339 e. The Balaban J connectivity index is 1.65. The van der Waals surface area contributed by atoms with E-state index in [0.717, 1.165) is 5.56 Å². The van der Waals surface area contributed by atoms with Crippen molar-refractivity contribution in [2.75, 3.05) is 13.7 Å². The highest BCUT2D eigenvalue weighted by Crippen LogP contribution is 2.19. The van der Waals surface area contributed by atoms with E-state index in [0.29, 0.717) is 28.7 Å². The molecule has 3 aromatic rings. The molecule has 1 heterocycles. The number of hydrogen-bond acceptors (Lipinski definition) is 4. The van der Waals surface area contributed by atoms with Crippen LogP contribution < -0.4 is 0 Å². The summed E-state index contributed by atoms with van der Waals surface area (Å²) in [5, 5.41) is 0.681. The molecule has 0 bridgehead atoms. The molecule has 0 saturated heterocycles. The van der Waals surface area contributed by atoms with Gasteiger partial charge in [0.05, 0.1) is 11.1 Å². The predicted octanol–water partition coefficient (Wildman–Crippen LogP) is 3.50.